The summed E-state index contributed by atoms with van der Waals surface area (Å²) in [4.78, 5) is 8.79. The molecule has 0 atom stereocenters. The molecule has 0 unspecified atom stereocenters. The monoisotopic (exact) mass is 95.0 g/mol. The number of allylic oxidation sites excluding steroid dienone is 2. The second-order valence-corrected chi connectivity index (χ2v) is 1.04. The van der Waals surface area contributed by atoms with Crippen molar-refractivity contribution in [2.45, 2.75) is 0 Å². The normalized spacial score (nSPS) is 17.1. The standard InChI is InChI=1S/C4H4BO2/c1-2-4-6-7-5-3-1/h1-4H. The van der Waals surface area contributed by atoms with Crippen LogP contribution in [-0.4, -0.2) is 7.48 Å². The smallest absolute Gasteiger partial charge is 0.362 e. The van der Waals surface area contributed by atoms with E-state index < -0.39 is 0 Å². The Bertz CT molecular complexity index is 85.9. The van der Waals surface area contributed by atoms with Crippen LogP contribution in [0.15, 0.2) is 24.4 Å². The largest absolute Gasteiger partial charge is 0.391 e. The first kappa shape index (κ1) is 4.46. The van der Waals surface area contributed by atoms with Crippen LogP contribution in [0.5, 0.6) is 0 Å². The summed E-state index contributed by atoms with van der Waals surface area (Å²) < 4.78 is 0. The molecule has 0 aromatic heterocycles. The van der Waals surface area contributed by atoms with E-state index in [2.05, 4.69) is 9.69 Å². The Balaban J connectivity index is 2.39. The van der Waals surface area contributed by atoms with Crippen molar-refractivity contribution in [2.75, 3.05) is 0 Å². The average Bonchev–Trinajstić information content (AvgIpc) is 1.90. The van der Waals surface area contributed by atoms with E-state index in [1.165, 1.54) is 13.7 Å². The zero-order valence-electron chi connectivity index (χ0n) is 3.70. The van der Waals surface area contributed by atoms with Gasteiger partial charge in [-0.15, -0.1) is 0 Å². The van der Waals surface area contributed by atoms with Crippen LogP contribution in [0.2, 0.25) is 0 Å². The van der Waals surface area contributed by atoms with E-state index in [4.69, 9.17) is 0 Å². The third-order valence-corrected chi connectivity index (χ3v) is 0.546. The first-order valence-corrected chi connectivity index (χ1v) is 1.97. The predicted octanol–water partition coefficient (Wildman–Crippen LogP) is 0.595. The molecule has 0 aromatic rings. The summed E-state index contributed by atoms with van der Waals surface area (Å²) in [5.41, 5.74) is 0. The minimum Gasteiger partial charge on any atom is -0.362 e. The minimum absolute atomic E-state index is 1.46. The van der Waals surface area contributed by atoms with Crippen LogP contribution in [0, 0.1) is 0 Å². The van der Waals surface area contributed by atoms with Gasteiger partial charge in [0, 0.05) is 0 Å². The summed E-state index contributed by atoms with van der Waals surface area (Å²) in [5, 5.41) is 0. The molecular formula is C4H4BO2. The molecule has 1 rings (SSSR count). The van der Waals surface area contributed by atoms with Crippen molar-refractivity contribution in [1.29, 1.82) is 0 Å². The van der Waals surface area contributed by atoms with Crippen LogP contribution in [0.1, 0.15) is 0 Å². The van der Waals surface area contributed by atoms with Gasteiger partial charge < -0.3 is 4.89 Å². The first-order valence-electron chi connectivity index (χ1n) is 1.97. The second-order valence-electron chi connectivity index (χ2n) is 1.04. The molecule has 1 radical (unpaired) electrons. The molecule has 0 spiro atoms. The van der Waals surface area contributed by atoms with Gasteiger partial charge in [0.25, 0.3) is 0 Å². The van der Waals surface area contributed by atoms with Gasteiger partial charge in [-0.3, -0.25) is 4.81 Å². The molecule has 0 aliphatic carbocycles. The highest BCUT2D eigenvalue weighted by Crippen LogP contribution is 1.86. The summed E-state index contributed by atoms with van der Waals surface area (Å²) in [5.74, 6) is 1.74. The third-order valence-electron chi connectivity index (χ3n) is 0.546. The summed E-state index contributed by atoms with van der Waals surface area (Å²) in [7, 11) is 1.46. The van der Waals surface area contributed by atoms with Crippen LogP contribution in [0.4, 0.5) is 0 Å². The lowest BCUT2D eigenvalue weighted by Crippen LogP contribution is -1.88. The van der Waals surface area contributed by atoms with Crippen LogP contribution in [0.25, 0.3) is 0 Å². The topological polar surface area (TPSA) is 18.5 Å². The maximum Gasteiger partial charge on any atom is 0.391 e. The Labute approximate surface area is 42.6 Å². The van der Waals surface area contributed by atoms with Crippen LogP contribution >= 0.6 is 0 Å². The van der Waals surface area contributed by atoms with E-state index in [0.29, 0.717) is 0 Å². The van der Waals surface area contributed by atoms with E-state index in [-0.39, 0.29) is 0 Å². The summed E-state index contributed by atoms with van der Waals surface area (Å²) in [6.07, 6.45) is 5.01. The fourth-order valence-corrected chi connectivity index (χ4v) is 0.283. The average molecular weight is 94.9 g/mol. The first-order chi connectivity index (χ1) is 3.50. The molecular weight excluding hydrogens is 90.9 g/mol. The Kier molecular flexibility index (Phi) is 1.58. The zero-order valence-corrected chi connectivity index (χ0v) is 3.70. The lowest BCUT2D eigenvalue weighted by molar-refractivity contribution is -0.147. The fourth-order valence-electron chi connectivity index (χ4n) is 0.283. The molecule has 35 valence electrons. The molecule has 1 heterocycles. The van der Waals surface area contributed by atoms with E-state index in [1.54, 1.807) is 12.1 Å². The van der Waals surface area contributed by atoms with Crippen molar-refractivity contribution in [3.8, 4) is 0 Å². The van der Waals surface area contributed by atoms with E-state index in [1.807, 2.05) is 6.08 Å². The van der Waals surface area contributed by atoms with Gasteiger partial charge in [0.2, 0.25) is 0 Å². The van der Waals surface area contributed by atoms with Crippen molar-refractivity contribution in [3.05, 3.63) is 24.4 Å². The molecule has 0 saturated heterocycles. The molecule has 0 saturated carbocycles. The molecule has 0 fully saturated rings. The van der Waals surface area contributed by atoms with Crippen LogP contribution in [0.3, 0.4) is 0 Å². The van der Waals surface area contributed by atoms with Gasteiger partial charge in [-0.1, -0.05) is 12.1 Å². The van der Waals surface area contributed by atoms with Gasteiger partial charge >= 0.3 is 7.48 Å². The highest BCUT2D eigenvalue weighted by molar-refractivity contribution is 6.34. The lowest BCUT2D eigenvalue weighted by Gasteiger charge is -1.89. The molecule has 0 amide bonds. The SMILES string of the molecule is [B]1C=CC=COO1. The van der Waals surface area contributed by atoms with Crippen molar-refractivity contribution < 1.29 is 9.69 Å². The number of hydrogen-bond donors (Lipinski definition) is 0. The minimum atomic E-state index is 1.46. The van der Waals surface area contributed by atoms with Gasteiger partial charge in [-0.05, 0) is 6.08 Å². The van der Waals surface area contributed by atoms with Crippen molar-refractivity contribution in [1.82, 2.24) is 0 Å². The van der Waals surface area contributed by atoms with E-state index in [9.17, 15) is 0 Å². The number of rotatable bonds is 0. The van der Waals surface area contributed by atoms with Gasteiger partial charge in [0.15, 0.2) is 0 Å². The second kappa shape index (κ2) is 2.47. The Morgan fingerprint density at radius 3 is 3.29 bits per heavy atom. The van der Waals surface area contributed by atoms with Gasteiger partial charge in [0.05, 0.1) is 0 Å². The van der Waals surface area contributed by atoms with Crippen LogP contribution < -0.4 is 0 Å². The number of hydrogen-bond acceptors (Lipinski definition) is 2. The van der Waals surface area contributed by atoms with Crippen LogP contribution in [-0.2, 0) is 9.69 Å². The maximum absolute atomic E-state index is 4.40. The molecule has 0 aromatic carbocycles. The summed E-state index contributed by atoms with van der Waals surface area (Å²) in [6.45, 7) is 0. The summed E-state index contributed by atoms with van der Waals surface area (Å²) in [6, 6.07) is 0. The van der Waals surface area contributed by atoms with E-state index in [0.717, 1.165) is 0 Å². The van der Waals surface area contributed by atoms with Crippen molar-refractivity contribution >= 4 is 7.48 Å². The Morgan fingerprint density at radius 1 is 1.29 bits per heavy atom. The maximum atomic E-state index is 4.40. The van der Waals surface area contributed by atoms with Gasteiger partial charge in [0.1, 0.15) is 6.26 Å². The fraction of sp³-hybridized carbons (Fsp3) is 0. The zero-order chi connectivity index (χ0) is 4.95. The molecule has 1 aliphatic heterocycles. The highest BCUT2D eigenvalue weighted by Gasteiger charge is 1.85. The molecule has 3 heteroatoms. The lowest BCUT2D eigenvalue weighted by atomic mass is 10.0. The van der Waals surface area contributed by atoms with Crippen molar-refractivity contribution in [2.24, 2.45) is 0 Å². The molecule has 0 bridgehead atoms. The molecule has 7 heavy (non-hydrogen) atoms. The molecule has 1 aliphatic rings. The predicted molar refractivity (Wildman–Crippen MR) is 26.2 cm³/mol. The molecule has 2 nitrogen and oxygen atoms in total. The third kappa shape index (κ3) is 1.46. The van der Waals surface area contributed by atoms with Gasteiger partial charge in [-0.25, -0.2) is 0 Å². The molecule has 0 N–H and O–H groups in total. The van der Waals surface area contributed by atoms with Gasteiger partial charge in [-0.2, -0.15) is 0 Å². The van der Waals surface area contributed by atoms with E-state index >= 15 is 0 Å². The summed E-state index contributed by atoms with van der Waals surface area (Å²) >= 11 is 0. The highest BCUT2D eigenvalue weighted by atomic mass is 17.2. The van der Waals surface area contributed by atoms with Crippen molar-refractivity contribution in [3.63, 3.8) is 0 Å². The Hall–Kier alpha value is -0.695. The Morgan fingerprint density at radius 2 is 2.29 bits per heavy atom. The quantitative estimate of drug-likeness (QED) is 0.324.